The van der Waals surface area contributed by atoms with Crippen LogP contribution in [0.4, 0.5) is 5.69 Å². The zero-order valence-electron chi connectivity index (χ0n) is 19.3. The molecule has 2 aromatic rings. The van der Waals surface area contributed by atoms with Gasteiger partial charge in [0.25, 0.3) is 0 Å². The summed E-state index contributed by atoms with van der Waals surface area (Å²) >= 11 is 0. The highest BCUT2D eigenvalue weighted by Gasteiger charge is 2.26. The lowest BCUT2D eigenvalue weighted by atomic mass is 9.95. The molecule has 2 aromatic carbocycles. The Morgan fingerprint density at radius 3 is 2.12 bits per heavy atom. The summed E-state index contributed by atoms with van der Waals surface area (Å²) in [5.41, 5.74) is 1.61. The van der Waals surface area contributed by atoms with Crippen LogP contribution in [0.3, 0.4) is 0 Å². The number of esters is 1. The van der Waals surface area contributed by atoms with Gasteiger partial charge in [0.15, 0.2) is 0 Å². The zero-order chi connectivity index (χ0) is 23.3. The van der Waals surface area contributed by atoms with Gasteiger partial charge in [-0.05, 0) is 54.8 Å². The van der Waals surface area contributed by atoms with Crippen LogP contribution in [0.5, 0.6) is 5.75 Å². The van der Waals surface area contributed by atoms with Crippen LogP contribution >= 0.6 is 0 Å². The number of hydrogen-bond donors (Lipinski definition) is 1. The van der Waals surface area contributed by atoms with Crippen LogP contribution in [0.2, 0.25) is 0 Å². The molecule has 3 rings (SSSR count). The highest BCUT2D eigenvalue weighted by atomic mass is 16.5. The van der Waals surface area contributed by atoms with Gasteiger partial charge in [0.2, 0.25) is 11.8 Å². The topological polar surface area (TPSA) is 75.7 Å². The van der Waals surface area contributed by atoms with Gasteiger partial charge >= 0.3 is 5.97 Å². The second-order valence-electron chi connectivity index (χ2n) is 9.39. The van der Waals surface area contributed by atoms with E-state index in [1.165, 1.54) is 0 Å². The number of nitrogens with one attached hydrogen (secondary N) is 1. The highest BCUT2D eigenvalue weighted by molar-refractivity contribution is 5.96. The molecule has 0 heterocycles. The molecule has 0 saturated heterocycles. The van der Waals surface area contributed by atoms with E-state index in [4.69, 9.17) is 4.74 Å². The van der Waals surface area contributed by atoms with Crippen molar-refractivity contribution < 1.29 is 19.1 Å². The lowest BCUT2D eigenvalue weighted by Crippen LogP contribution is -2.36. The monoisotopic (exact) mass is 436 g/mol. The minimum absolute atomic E-state index is 0.00164. The number of ether oxygens (including phenoxy) is 1. The van der Waals surface area contributed by atoms with Gasteiger partial charge in [0.1, 0.15) is 5.75 Å². The van der Waals surface area contributed by atoms with Gasteiger partial charge < -0.3 is 15.0 Å². The molecule has 0 atom stereocenters. The Hall–Kier alpha value is -3.15. The van der Waals surface area contributed by atoms with Crippen LogP contribution in [0, 0.1) is 11.3 Å². The molecule has 1 fully saturated rings. The zero-order valence-corrected chi connectivity index (χ0v) is 19.3. The molecular weight excluding hydrogens is 404 g/mol. The van der Waals surface area contributed by atoms with Crippen molar-refractivity contribution >= 4 is 23.5 Å². The SMILES string of the molecule is CN(C(=O)C(C)(C)C)c1ccc(OC(=O)c2ccc(CNC(=O)C3CCCC3)cc2)cc1. The standard InChI is InChI=1S/C26H32N2O4/c1-26(2,3)25(31)28(4)21-13-15-22(16-14-21)32-24(30)20-11-9-18(10-12-20)17-27-23(29)19-7-5-6-8-19/h9-16,19H,5-8,17H2,1-4H3,(H,27,29). The molecule has 0 spiro atoms. The van der Waals surface area contributed by atoms with Gasteiger partial charge in [-0.25, -0.2) is 4.79 Å². The molecular formula is C26H32N2O4. The molecule has 1 aliphatic carbocycles. The molecule has 1 aliphatic rings. The van der Waals surface area contributed by atoms with Gasteiger partial charge in [-0.1, -0.05) is 45.7 Å². The van der Waals surface area contributed by atoms with Crippen molar-refractivity contribution in [3.63, 3.8) is 0 Å². The second kappa shape index (κ2) is 9.98. The first-order chi connectivity index (χ1) is 15.1. The molecule has 0 bridgehead atoms. The van der Waals surface area contributed by atoms with Crippen molar-refractivity contribution in [2.24, 2.45) is 11.3 Å². The maximum absolute atomic E-state index is 12.5. The van der Waals surface area contributed by atoms with E-state index in [1.54, 1.807) is 48.3 Å². The minimum atomic E-state index is -0.481. The third kappa shape index (κ3) is 5.96. The van der Waals surface area contributed by atoms with Gasteiger partial charge in [-0.15, -0.1) is 0 Å². The van der Waals surface area contributed by atoms with Crippen LogP contribution in [-0.2, 0) is 16.1 Å². The van der Waals surface area contributed by atoms with Crippen LogP contribution in [0.15, 0.2) is 48.5 Å². The fourth-order valence-corrected chi connectivity index (χ4v) is 3.80. The fourth-order valence-electron chi connectivity index (χ4n) is 3.80. The summed E-state index contributed by atoms with van der Waals surface area (Å²) < 4.78 is 5.46. The third-order valence-corrected chi connectivity index (χ3v) is 5.76. The van der Waals surface area contributed by atoms with Gasteiger partial charge in [0, 0.05) is 30.6 Å². The second-order valence-corrected chi connectivity index (χ2v) is 9.39. The van der Waals surface area contributed by atoms with Crippen molar-refractivity contribution in [2.45, 2.75) is 53.0 Å². The molecule has 6 heteroatoms. The molecule has 1 saturated carbocycles. The number of rotatable bonds is 6. The highest BCUT2D eigenvalue weighted by Crippen LogP contribution is 2.25. The molecule has 0 radical (unpaired) electrons. The maximum Gasteiger partial charge on any atom is 0.343 e. The summed E-state index contributed by atoms with van der Waals surface area (Å²) in [6.07, 6.45) is 4.20. The molecule has 0 aromatic heterocycles. The Balaban J connectivity index is 1.54. The number of carbonyl (C=O) groups is 3. The Labute approximate surface area is 189 Å². The smallest absolute Gasteiger partial charge is 0.343 e. The van der Waals surface area contributed by atoms with E-state index in [1.807, 2.05) is 32.9 Å². The van der Waals surface area contributed by atoms with E-state index in [0.29, 0.717) is 17.9 Å². The van der Waals surface area contributed by atoms with Gasteiger partial charge in [0.05, 0.1) is 5.56 Å². The maximum atomic E-state index is 12.5. The normalized spacial score (nSPS) is 14.1. The molecule has 0 aliphatic heterocycles. The first kappa shape index (κ1) is 23.5. The summed E-state index contributed by atoms with van der Waals surface area (Å²) in [6, 6.07) is 13.9. The first-order valence-corrected chi connectivity index (χ1v) is 11.1. The lowest BCUT2D eigenvalue weighted by Gasteiger charge is -2.26. The number of amides is 2. The van der Waals surface area contributed by atoms with Gasteiger partial charge in [-0.2, -0.15) is 0 Å². The summed E-state index contributed by atoms with van der Waals surface area (Å²) in [5.74, 6) is 0.203. The predicted octanol–water partition coefficient (Wildman–Crippen LogP) is 4.72. The number of anilines is 1. The third-order valence-electron chi connectivity index (χ3n) is 5.76. The number of hydrogen-bond acceptors (Lipinski definition) is 4. The molecule has 2 amide bonds. The molecule has 170 valence electrons. The first-order valence-electron chi connectivity index (χ1n) is 11.1. The van der Waals surface area contributed by atoms with E-state index in [0.717, 1.165) is 36.9 Å². The van der Waals surface area contributed by atoms with Crippen LogP contribution in [-0.4, -0.2) is 24.8 Å². The fraction of sp³-hybridized carbons (Fsp3) is 0.423. The molecule has 0 unspecified atom stereocenters. The van der Waals surface area contributed by atoms with Crippen molar-refractivity contribution in [2.75, 3.05) is 11.9 Å². The van der Waals surface area contributed by atoms with Crippen LogP contribution in [0.1, 0.15) is 62.4 Å². The van der Waals surface area contributed by atoms with E-state index in [-0.39, 0.29) is 17.7 Å². The van der Waals surface area contributed by atoms with E-state index in [2.05, 4.69) is 5.32 Å². The van der Waals surface area contributed by atoms with Crippen molar-refractivity contribution in [3.8, 4) is 5.75 Å². The largest absolute Gasteiger partial charge is 0.423 e. The lowest BCUT2D eigenvalue weighted by molar-refractivity contribution is -0.125. The Kier molecular flexibility index (Phi) is 7.33. The van der Waals surface area contributed by atoms with Gasteiger partial charge in [-0.3, -0.25) is 9.59 Å². The van der Waals surface area contributed by atoms with E-state index < -0.39 is 11.4 Å². The van der Waals surface area contributed by atoms with Crippen molar-refractivity contribution in [3.05, 3.63) is 59.7 Å². The van der Waals surface area contributed by atoms with Crippen LogP contribution < -0.4 is 15.0 Å². The van der Waals surface area contributed by atoms with E-state index in [9.17, 15) is 14.4 Å². The average molecular weight is 437 g/mol. The van der Waals surface area contributed by atoms with Crippen molar-refractivity contribution in [1.29, 1.82) is 0 Å². The van der Waals surface area contributed by atoms with E-state index >= 15 is 0 Å². The predicted molar refractivity (Wildman–Crippen MR) is 125 cm³/mol. The summed E-state index contributed by atoms with van der Waals surface area (Å²) in [7, 11) is 1.73. The van der Waals surface area contributed by atoms with Crippen LogP contribution in [0.25, 0.3) is 0 Å². The molecule has 1 N–H and O–H groups in total. The minimum Gasteiger partial charge on any atom is -0.423 e. The quantitative estimate of drug-likeness (QED) is 0.525. The number of benzene rings is 2. The molecule has 32 heavy (non-hydrogen) atoms. The Morgan fingerprint density at radius 1 is 0.969 bits per heavy atom. The number of nitrogens with zero attached hydrogens (tertiary/aromatic N) is 1. The summed E-state index contributed by atoms with van der Waals surface area (Å²) in [6.45, 7) is 6.07. The number of carbonyl (C=O) groups excluding carboxylic acids is 3. The average Bonchev–Trinajstić information content (AvgIpc) is 3.32. The Morgan fingerprint density at radius 2 is 1.56 bits per heavy atom. The van der Waals surface area contributed by atoms with Crippen molar-refractivity contribution in [1.82, 2.24) is 5.32 Å². The Bertz CT molecular complexity index is 953. The summed E-state index contributed by atoms with van der Waals surface area (Å²) in [5, 5.41) is 2.98. The summed E-state index contributed by atoms with van der Waals surface area (Å²) in [4.78, 5) is 38.6. The molecule has 6 nitrogen and oxygen atoms in total.